The molecule has 0 bridgehead atoms. The van der Waals surface area contributed by atoms with Gasteiger partial charge in [-0.1, -0.05) is 24.6 Å². The molecule has 0 aliphatic heterocycles. The minimum Gasteiger partial charge on any atom is -0.385 e. The molecule has 0 aliphatic carbocycles. The molecule has 1 aromatic heterocycles. The summed E-state index contributed by atoms with van der Waals surface area (Å²) >= 11 is 1.60. The number of aromatic amines is 1. The molecule has 1 heterocycles. The minimum atomic E-state index is -0.0856. The third-order valence-corrected chi connectivity index (χ3v) is 3.10. The molecule has 0 atom stereocenters. The predicted molar refractivity (Wildman–Crippen MR) is 65.9 cm³/mol. The number of H-pyrrole nitrogens is 1. The number of hydrogen-bond acceptors (Lipinski definition) is 4. The lowest BCUT2D eigenvalue weighted by Crippen LogP contribution is -2.05. The molecule has 0 spiro atoms. The summed E-state index contributed by atoms with van der Waals surface area (Å²) in [5, 5.41) is 0.712. The molecule has 0 aliphatic rings. The molecule has 1 rings (SSSR count). The highest BCUT2D eigenvalue weighted by atomic mass is 32.2. The molecule has 0 amide bonds. The topological polar surface area (TPSA) is 55.0 Å². The van der Waals surface area contributed by atoms with Crippen molar-refractivity contribution in [2.24, 2.45) is 0 Å². The first-order chi connectivity index (χ1) is 7.83. The Bertz CT molecular complexity index is 341. The first-order valence-electron chi connectivity index (χ1n) is 5.50. The van der Waals surface area contributed by atoms with E-state index in [0.717, 1.165) is 25.2 Å². The summed E-state index contributed by atoms with van der Waals surface area (Å²) < 4.78 is 4.98. The van der Waals surface area contributed by atoms with Crippen LogP contribution in [0.1, 0.15) is 25.7 Å². The van der Waals surface area contributed by atoms with Crippen molar-refractivity contribution in [3.05, 3.63) is 22.6 Å². The maximum Gasteiger partial charge on any atom is 0.251 e. The summed E-state index contributed by atoms with van der Waals surface area (Å²) in [6.07, 6.45) is 6.22. The van der Waals surface area contributed by atoms with Gasteiger partial charge in [0, 0.05) is 31.7 Å². The molecule has 90 valence electrons. The van der Waals surface area contributed by atoms with Crippen molar-refractivity contribution in [2.75, 3.05) is 19.5 Å². The Hall–Kier alpha value is -0.810. The van der Waals surface area contributed by atoms with Gasteiger partial charge in [-0.05, 0) is 12.8 Å². The van der Waals surface area contributed by atoms with E-state index in [-0.39, 0.29) is 5.56 Å². The highest BCUT2D eigenvalue weighted by Gasteiger charge is 1.96. The number of rotatable bonds is 8. The minimum absolute atomic E-state index is 0.0856. The zero-order valence-electron chi connectivity index (χ0n) is 9.57. The fourth-order valence-electron chi connectivity index (χ4n) is 1.30. The predicted octanol–water partition coefficient (Wildman–Crippen LogP) is 2.07. The highest BCUT2D eigenvalue weighted by Crippen LogP contribution is 2.13. The van der Waals surface area contributed by atoms with Crippen molar-refractivity contribution in [3.8, 4) is 0 Å². The number of aromatic nitrogens is 2. The van der Waals surface area contributed by atoms with Crippen LogP contribution in [0.3, 0.4) is 0 Å². The zero-order chi connectivity index (χ0) is 11.6. The number of hydrogen-bond donors (Lipinski definition) is 1. The standard InChI is InChI=1S/C11H18N2O2S/c1-15-8-4-2-3-5-9-16-11-12-7-6-10(14)13-11/h6-7H,2-5,8-9H2,1H3,(H,12,13,14). The van der Waals surface area contributed by atoms with Crippen molar-refractivity contribution in [3.63, 3.8) is 0 Å². The molecule has 0 unspecified atom stereocenters. The Kier molecular flexibility index (Phi) is 6.92. The molecule has 0 radical (unpaired) electrons. The maximum atomic E-state index is 11.0. The quantitative estimate of drug-likeness (QED) is 0.431. The summed E-state index contributed by atoms with van der Waals surface area (Å²) in [5.74, 6) is 1.000. The molecule has 0 fully saturated rings. The lowest BCUT2D eigenvalue weighted by atomic mass is 10.2. The van der Waals surface area contributed by atoms with Gasteiger partial charge in [-0.2, -0.15) is 0 Å². The molecule has 16 heavy (non-hydrogen) atoms. The van der Waals surface area contributed by atoms with Crippen LogP contribution in [0.2, 0.25) is 0 Å². The fourth-order valence-corrected chi connectivity index (χ4v) is 2.15. The summed E-state index contributed by atoms with van der Waals surface area (Å²) in [5.41, 5.74) is -0.0856. The number of nitrogens with one attached hydrogen (secondary N) is 1. The molecule has 1 N–H and O–H groups in total. The number of methoxy groups -OCH3 is 1. The summed E-state index contributed by atoms with van der Waals surface area (Å²) in [4.78, 5) is 17.7. The second-order valence-corrected chi connectivity index (χ2v) is 4.58. The van der Waals surface area contributed by atoms with Gasteiger partial charge in [-0.15, -0.1) is 0 Å². The van der Waals surface area contributed by atoms with E-state index in [2.05, 4.69) is 9.97 Å². The van der Waals surface area contributed by atoms with Gasteiger partial charge < -0.3 is 9.72 Å². The fraction of sp³-hybridized carbons (Fsp3) is 0.636. The Morgan fingerprint density at radius 2 is 2.19 bits per heavy atom. The van der Waals surface area contributed by atoms with E-state index < -0.39 is 0 Å². The summed E-state index contributed by atoms with van der Waals surface area (Å²) in [7, 11) is 1.73. The van der Waals surface area contributed by atoms with Crippen LogP contribution in [0.15, 0.2) is 22.2 Å². The second-order valence-electron chi connectivity index (χ2n) is 3.49. The molecule has 0 saturated carbocycles. The van der Waals surface area contributed by atoms with Crippen molar-refractivity contribution in [1.29, 1.82) is 0 Å². The third-order valence-electron chi connectivity index (χ3n) is 2.13. The largest absolute Gasteiger partial charge is 0.385 e. The van der Waals surface area contributed by atoms with Crippen LogP contribution in [0.5, 0.6) is 0 Å². The average molecular weight is 242 g/mol. The van der Waals surface area contributed by atoms with Crippen molar-refractivity contribution < 1.29 is 4.74 Å². The average Bonchev–Trinajstić information content (AvgIpc) is 2.28. The Balaban J connectivity index is 2.05. The summed E-state index contributed by atoms with van der Waals surface area (Å²) in [6.45, 7) is 0.848. The van der Waals surface area contributed by atoms with Crippen molar-refractivity contribution in [1.82, 2.24) is 9.97 Å². The van der Waals surface area contributed by atoms with Crippen LogP contribution in [-0.2, 0) is 4.74 Å². The molecule has 4 nitrogen and oxygen atoms in total. The molecular weight excluding hydrogens is 224 g/mol. The first kappa shape index (κ1) is 13.3. The van der Waals surface area contributed by atoms with E-state index in [4.69, 9.17) is 4.74 Å². The zero-order valence-corrected chi connectivity index (χ0v) is 10.4. The number of ether oxygens (including phenoxy) is 1. The van der Waals surface area contributed by atoms with Crippen LogP contribution >= 0.6 is 11.8 Å². The van der Waals surface area contributed by atoms with Gasteiger partial charge in [0.05, 0.1) is 0 Å². The van der Waals surface area contributed by atoms with Gasteiger partial charge in [0.15, 0.2) is 5.16 Å². The summed E-state index contributed by atoms with van der Waals surface area (Å²) in [6, 6.07) is 1.43. The molecule has 5 heteroatoms. The molecule has 1 aromatic rings. The van der Waals surface area contributed by atoms with E-state index in [1.165, 1.54) is 18.9 Å². The third kappa shape index (κ3) is 5.92. The van der Waals surface area contributed by atoms with Crippen molar-refractivity contribution in [2.45, 2.75) is 30.8 Å². The number of thioether (sulfide) groups is 1. The van der Waals surface area contributed by atoms with Gasteiger partial charge in [-0.3, -0.25) is 4.79 Å². The van der Waals surface area contributed by atoms with E-state index in [1.807, 2.05) is 0 Å². The molecule has 0 aromatic carbocycles. The maximum absolute atomic E-state index is 11.0. The number of nitrogens with zero attached hydrogens (tertiary/aromatic N) is 1. The Labute approximate surface area is 99.8 Å². The Morgan fingerprint density at radius 1 is 1.38 bits per heavy atom. The van der Waals surface area contributed by atoms with Crippen LogP contribution < -0.4 is 5.56 Å². The van der Waals surface area contributed by atoms with Crippen LogP contribution in [0.4, 0.5) is 0 Å². The van der Waals surface area contributed by atoms with Gasteiger partial charge in [0.2, 0.25) is 0 Å². The van der Waals surface area contributed by atoms with Crippen LogP contribution in [-0.4, -0.2) is 29.4 Å². The van der Waals surface area contributed by atoms with Crippen LogP contribution in [0, 0.1) is 0 Å². The lowest BCUT2D eigenvalue weighted by Gasteiger charge is -2.01. The second kappa shape index (κ2) is 8.35. The SMILES string of the molecule is COCCCCCCSc1nccc(=O)[nH]1. The van der Waals surface area contributed by atoms with E-state index in [9.17, 15) is 4.79 Å². The normalized spacial score (nSPS) is 10.6. The molecular formula is C11H18N2O2S. The van der Waals surface area contributed by atoms with E-state index in [0.29, 0.717) is 5.16 Å². The monoisotopic (exact) mass is 242 g/mol. The van der Waals surface area contributed by atoms with Gasteiger partial charge >= 0.3 is 0 Å². The lowest BCUT2D eigenvalue weighted by molar-refractivity contribution is 0.192. The highest BCUT2D eigenvalue weighted by molar-refractivity contribution is 7.99. The first-order valence-corrected chi connectivity index (χ1v) is 6.48. The Morgan fingerprint density at radius 3 is 2.94 bits per heavy atom. The smallest absolute Gasteiger partial charge is 0.251 e. The van der Waals surface area contributed by atoms with E-state index >= 15 is 0 Å². The van der Waals surface area contributed by atoms with Crippen molar-refractivity contribution >= 4 is 11.8 Å². The van der Waals surface area contributed by atoms with Gasteiger partial charge in [0.1, 0.15) is 0 Å². The van der Waals surface area contributed by atoms with Gasteiger partial charge in [-0.25, -0.2) is 4.98 Å². The number of unbranched alkanes of at least 4 members (excludes halogenated alkanes) is 3. The molecule has 0 saturated heterocycles. The van der Waals surface area contributed by atoms with E-state index in [1.54, 1.807) is 25.1 Å². The van der Waals surface area contributed by atoms with Gasteiger partial charge in [0.25, 0.3) is 5.56 Å². The van der Waals surface area contributed by atoms with Crippen LogP contribution in [0.25, 0.3) is 0 Å².